The molecule has 1 N–H and O–H groups in total. The van der Waals surface area contributed by atoms with Crippen LogP contribution < -0.4 is 0 Å². The molecule has 2 aromatic rings. The average Bonchev–Trinajstić information content (AvgIpc) is 2.78. The number of fused-ring (bicyclic) bond motifs is 1. The number of carboxylic acid groups (broad SMARTS) is 1. The van der Waals surface area contributed by atoms with Crippen molar-refractivity contribution in [1.29, 1.82) is 0 Å². The molecular weight excluding hydrogens is 358 g/mol. The lowest BCUT2D eigenvalue weighted by molar-refractivity contribution is -0.133. The smallest absolute Gasteiger partial charge is 0.313 e. The summed E-state index contributed by atoms with van der Waals surface area (Å²) in [6, 6.07) is 1.88. The maximum atomic E-state index is 10.8. The van der Waals surface area contributed by atoms with E-state index in [2.05, 4.69) is 25.9 Å². The molecule has 0 unspecified atom stereocenters. The average molecular weight is 374 g/mol. The molecule has 0 aliphatic rings. The highest BCUT2D eigenvalue weighted by atomic mass is 79.9. The van der Waals surface area contributed by atoms with Crippen LogP contribution in [0, 0.1) is 0 Å². The highest BCUT2D eigenvalue weighted by Gasteiger charge is 2.14. The first kappa shape index (κ1) is 16.3. The predicted molar refractivity (Wildman–Crippen MR) is 84.7 cm³/mol. The molecular formula is C13H16BrN3O3S. The van der Waals surface area contributed by atoms with Crippen LogP contribution in [0.3, 0.4) is 0 Å². The molecule has 6 nitrogen and oxygen atoms in total. The van der Waals surface area contributed by atoms with Gasteiger partial charge in [-0.05, 0) is 35.3 Å². The quantitative estimate of drug-likeness (QED) is 0.566. The van der Waals surface area contributed by atoms with Gasteiger partial charge in [0.2, 0.25) is 0 Å². The lowest BCUT2D eigenvalue weighted by Crippen LogP contribution is -2.06. The van der Waals surface area contributed by atoms with E-state index in [4.69, 9.17) is 9.84 Å². The van der Waals surface area contributed by atoms with Gasteiger partial charge in [-0.1, -0.05) is 11.8 Å². The number of thioether (sulfide) groups is 1. The second kappa shape index (κ2) is 7.77. The minimum absolute atomic E-state index is 0.0179. The maximum absolute atomic E-state index is 10.8. The third kappa shape index (κ3) is 4.42. The number of ether oxygens (including phenoxy) is 1. The first-order valence-electron chi connectivity index (χ1n) is 6.56. The van der Waals surface area contributed by atoms with Gasteiger partial charge in [0.25, 0.3) is 0 Å². The van der Waals surface area contributed by atoms with Crippen LogP contribution in [0.2, 0.25) is 0 Å². The summed E-state index contributed by atoms with van der Waals surface area (Å²) in [7, 11) is 0. The van der Waals surface area contributed by atoms with Crippen molar-refractivity contribution in [2.75, 3.05) is 19.0 Å². The molecule has 0 bridgehead atoms. The summed E-state index contributed by atoms with van der Waals surface area (Å²) in [5.41, 5.74) is 1.52. The number of nitrogens with zero attached hydrogens (tertiary/aromatic N) is 3. The molecule has 2 aromatic heterocycles. The van der Waals surface area contributed by atoms with Crippen LogP contribution in [0.4, 0.5) is 0 Å². The van der Waals surface area contributed by atoms with E-state index >= 15 is 0 Å². The van der Waals surface area contributed by atoms with Gasteiger partial charge in [-0.25, -0.2) is 9.97 Å². The normalized spacial score (nSPS) is 11.1. The summed E-state index contributed by atoms with van der Waals surface area (Å²) >= 11 is 4.58. The van der Waals surface area contributed by atoms with E-state index in [1.165, 1.54) is 11.8 Å². The van der Waals surface area contributed by atoms with Gasteiger partial charge in [0.1, 0.15) is 5.52 Å². The van der Waals surface area contributed by atoms with Crippen LogP contribution in [0.5, 0.6) is 0 Å². The summed E-state index contributed by atoms with van der Waals surface area (Å²) in [5, 5.41) is 9.51. The molecule has 8 heteroatoms. The number of hydrogen-bond acceptors (Lipinski definition) is 5. The summed E-state index contributed by atoms with van der Waals surface area (Å²) in [6.07, 6.45) is 2.55. The number of imidazole rings is 1. The molecule has 0 fully saturated rings. The third-order valence-corrected chi connectivity index (χ3v) is 4.11. The van der Waals surface area contributed by atoms with Crippen LogP contribution in [0.25, 0.3) is 11.2 Å². The van der Waals surface area contributed by atoms with Gasteiger partial charge in [0.15, 0.2) is 10.8 Å². The minimum Gasteiger partial charge on any atom is -0.481 e. The van der Waals surface area contributed by atoms with Crippen molar-refractivity contribution >= 4 is 44.8 Å². The van der Waals surface area contributed by atoms with Crippen molar-refractivity contribution < 1.29 is 14.6 Å². The van der Waals surface area contributed by atoms with Gasteiger partial charge in [-0.2, -0.15) is 0 Å². The van der Waals surface area contributed by atoms with E-state index in [9.17, 15) is 4.79 Å². The molecule has 0 spiro atoms. The number of carboxylic acids is 1. The number of aromatic nitrogens is 3. The Morgan fingerprint density at radius 2 is 2.38 bits per heavy atom. The van der Waals surface area contributed by atoms with Crippen LogP contribution in [-0.4, -0.2) is 44.6 Å². The summed E-state index contributed by atoms with van der Waals surface area (Å²) in [4.78, 5) is 19.6. The molecule has 2 heterocycles. The molecule has 114 valence electrons. The fraction of sp³-hybridized carbons (Fsp3) is 0.462. The maximum Gasteiger partial charge on any atom is 0.313 e. The monoisotopic (exact) mass is 373 g/mol. The number of halogens is 1. The Bertz CT molecular complexity index is 632. The molecule has 0 radical (unpaired) electrons. The second-order valence-corrected chi connectivity index (χ2v) is 6.13. The number of pyridine rings is 1. The SMILES string of the molecule is CCOCCCn1c(SCC(=O)O)nc2cc(Br)cnc21. The van der Waals surface area contributed by atoms with Gasteiger partial charge in [-0.15, -0.1) is 0 Å². The Hall–Kier alpha value is -1.12. The molecule has 0 saturated carbocycles. The molecule has 0 aromatic carbocycles. The number of aryl methyl sites for hydroxylation is 1. The second-order valence-electron chi connectivity index (χ2n) is 4.28. The number of carbonyl (C=O) groups is 1. The van der Waals surface area contributed by atoms with E-state index < -0.39 is 5.97 Å². The van der Waals surface area contributed by atoms with Gasteiger partial charge in [0, 0.05) is 30.4 Å². The van der Waals surface area contributed by atoms with Crippen LogP contribution in [0.15, 0.2) is 21.9 Å². The number of aliphatic carboxylic acids is 1. The fourth-order valence-electron chi connectivity index (χ4n) is 1.87. The number of rotatable bonds is 8. The lowest BCUT2D eigenvalue weighted by atomic mass is 10.4. The lowest BCUT2D eigenvalue weighted by Gasteiger charge is -2.07. The molecule has 0 amide bonds. The fourth-order valence-corrected chi connectivity index (χ4v) is 2.94. The van der Waals surface area contributed by atoms with Crippen molar-refractivity contribution in [3.05, 3.63) is 16.7 Å². The van der Waals surface area contributed by atoms with Gasteiger partial charge in [-0.3, -0.25) is 4.79 Å². The largest absolute Gasteiger partial charge is 0.481 e. The molecule has 21 heavy (non-hydrogen) atoms. The number of hydrogen-bond donors (Lipinski definition) is 1. The first-order chi connectivity index (χ1) is 10.1. The van der Waals surface area contributed by atoms with Crippen LogP contribution >= 0.6 is 27.7 Å². The van der Waals surface area contributed by atoms with Crippen LogP contribution in [-0.2, 0) is 16.1 Å². The summed E-state index contributed by atoms with van der Waals surface area (Å²) in [6.45, 7) is 4.01. The Morgan fingerprint density at radius 1 is 1.57 bits per heavy atom. The van der Waals surface area contributed by atoms with E-state index in [1.807, 2.05) is 17.6 Å². The van der Waals surface area contributed by atoms with Crippen molar-refractivity contribution in [1.82, 2.24) is 14.5 Å². The zero-order chi connectivity index (χ0) is 15.2. The van der Waals surface area contributed by atoms with Crippen molar-refractivity contribution in [3.8, 4) is 0 Å². The first-order valence-corrected chi connectivity index (χ1v) is 8.33. The molecule has 0 atom stereocenters. The Balaban J connectivity index is 2.23. The van der Waals surface area contributed by atoms with Gasteiger partial charge >= 0.3 is 5.97 Å². The summed E-state index contributed by atoms with van der Waals surface area (Å²) < 4.78 is 8.14. The Morgan fingerprint density at radius 3 is 3.10 bits per heavy atom. The topological polar surface area (TPSA) is 77.2 Å². The minimum atomic E-state index is -0.859. The van der Waals surface area contributed by atoms with Crippen LogP contribution in [0.1, 0.15) is 13.3 Å². The predicted octanol–water partition coefficient (Wildman–Crippen LogP) is 2.80. The zero-order valence-electron chi connectivity index (χ0n) is 11.6. The highest BCUT2D eigenvalue weighted by molar-refractivity contribution is 9.10. The molecule has 0 aliphatic heterocycles. The third-order valence-electron chi connectivity index (χ3n) is 2.72. The van der Waals surface area contributed by atoms with Crippen molar-refractivity contribution in [2.24, 2.45) is 0 Å². The van der Waals surface area contributed by atoms with E-state index in [0.717, 1.165) is 22.1 Å². The molecule has 0 saturated heterocycles. The van der Waals surface area contributed by atoms with Crippen molar-refractivity contribution in [2.45, 2.75) is 25.0 Å². The standard InChI is InChI=1S/C13H16BrN3O3S/c1-2-20-5-3-4-17-12-10(6-9(14)7-15-12)16-13(17)21-8-11(18)19/h6-7H,2-5,8H2,1H3,(H,18,19). The van der Waals surface area contributed by atoms with Gasteiger partial charge in [0.05, 0.1) is 5.75 Å². The highest BCUT2D eigenvalue weighted by Crippen LogP contribution is 2.25. The van der Waals surface area contributed by atoms with E-state index in [0.29, 0.717) is 24.9 Å². The molecule has 0 aliphatic carbocycles. The van der Waals surface area contributed by atoms with Gasteiger partial charge < -0.3 is 14.4 Å². The van der Waals surface area contributed by atoms with E-state index in [1.54, 1.807) is 6.20 Å². The zero-order valence-corrected chi connectivity index (χ0v) is 14.0. The summed E-state index contributed by atoms with van der Waals surface area (Å²) in [5.74, 6) is -0.877. The molecule has 2 rings (SSSR count). The Kier molecular flexibility index (Phi) is 6.01. The van der Waals surface area contributed by atoms with Crippen molar-refractivity contribution in [3.63, 3.8) is 0 Å². The van der Waals surface area contributed by atoms with E-state index in [-0.39, 0.29) is 5.75 Å². The Labute approximate surface area is 135 Å².